The summed E-state index contributed by atoms with van der Waals surface area (Å²) in [4.78, 5) is 4.73. The lowest BCUT2D eigenvalue weighted by Gasteiger charge is -2.16. The number of hydrogen-bond donors (Lipinski definition) is 1. The van der Waals surface area contributed by atoms with Crippen LogP contribution >= 0.6 is 11.6 Å². The van der Waals surface area contributed by atoms with Gasteiger partial charge in [0.2, 0.25) is 0 Å². The molecule has 1 N–H and O–H groups in total. The molecule has 0 saturated carbocycles. The summed E-state index contributed by atoms with van der Waals surface area (Å²) in [6.07, 6.45) is 2.78. The van der Waals surface area contributed by atoms with Crippen LogP contribution in [0.15, 0.2) is 97.2 Å². The number of fused-ring (bicyclic) bond motifs is 1. The van der Waals surface area contributed by atoms with E-state index >= 15 is 0 Å². The molecule has 0 unspecified atom stereocenters. The number of aromatic nitrogens is 1. The second kappa shape index (κ2) is 9.09. The highest BCUT2D eigenvalue weighted by atomic mass is 35.5. The average Bonchev–Trinajstić information content (AvgIpc) is 2.79. The van der Waals surface area contributed by atoms with Gasteiger partial charge >= 0.3 is 0 Å². The fourth-order valence-corrected chi connectivity index (χ4v) is 4.71. The third kappa shape index (κ3) is 4.62. The molecule has 5 rings (SSSR count). The molecule has 33 heavy (non-hydrogen) atoms. The van der Waals surface area contributed by atoms with Gasteiger partial charge in [0.05, 0.1) is 10.5 Å². The molecule has 0 aliphatic carbocycles. The van der Waals surface area contributed by atoms with Gasteiger partial charge in [-0.3, -0.25) is 4.98 Å². The average molecular weight is 449 g/mol. The first-order chi connectivity index (χ1) is 16.1. The molecule has 1 aromatic heterocycles. The molecule has 0 spiro atoms. The van der Waals surface area contributed by atoms with Crippen molar-refractivity contribution in [3.8, 4) is 11.1 Å². The molecule has 1 heterocycles. The summed E-state index contributed by atoms with van der Waals surface area (Å²) >= 11 is 6.52. The van der Waals surface area contributed by atoms with Crippen LogP contribution in [0.2, 0.25) is 5.02 Å². The highest BCUT2D eigenvalue weighted by Crippen LogP contribution is 2.36. The molecule has 5 aromatic rings. The molecule has 4 aromatic carbocycles. The van der Waals surface area contributed by atoms with E-state index in [0.717, 1.165) is 34.3 Å². The van der Waals surface area contributed by atoms with E-state index < -0.39 is 0 Å². The zero-order chi connectivity index (χ0) is 22.8. The second-order valence-corrected chi connectivity index (χ2v) is 8.95. The number of pyridine rings is 1. The Kier molecular flexibility index (Phi) is 5.85. The van der Waals surface area contributed by atoms with E-state index in [2.05, 4.69) is 92.0 Å². The van der Waals surface area contributed by atoms with Crippen molar-refractivity contribution in [3.05, 3.63) is 124 Å². The van der Waals surface area contributed by atoms with Gasteiger partial charge in [0.15, 0.2) is 0 Å². The summed E-state index contributed by atoms with van der Waals surface area (Å²) in [5.74, 6) is 0. The van der Waals surface area contributed by atoms with Gasteiger partial charge in [-0.25, -0.2) is 0 Å². The number of rotatable bonds is 5. The van der Waals surface area contributed by atoms with Crippen molar-refractivity contribution in [2.45, 2.75) is 20.3 Å². The minimum atomic E-state index is 0.671. The second-order valence-electron chi connectivity index (χ2n) is 8.54. The Morgan fingerprint density at radius 2 is 1.52 bits per heavy atom. The summed E-state index contributed by atoms with van der Waals surface area (Å²) < 4.78 is 0. The van der Waals surface area contributed by atoms with E-state index in [1.807, 2.05) is 24.4 Å². The summed E-state index contributed by atoms with van der Waals surface area (Å²) in [5.41, 5.74) is 10.2. The molecule has 0 atom stereocenters. The predicted molar refractivity (Wildman–Crippen MR) is 141 cm³/mol. The number of aryl methyl sites for hydroxylation is 2. The first-order valence-corrected chi connectivity index (χ1v) is 11.5. The number of hydrogen-bond acceptors (Lipinski definition) is 2. The van der Waals surface area contributed by atoms with Crippen molar-refractivity contribution in [1.29, 1.82) is 0 Å². The first kappa shape index (κ1) is 21.2. The van der Waals surface area contributed by atoms with Crippen LogP contribution in [0.3, 0.4) is 0 Å². The summed E-state index contributed by atoms with van der Waals surface area (Å²) in [7, 11) is 0. The molecule has 3 heteroatoms. The van der Waals surface area contributed by atoms with Crippen molar-refractivity contribution in [2.75, 3.05) is 5.32 Å². The Labute approximate surface area is 199 Å². The van der Waals surface area contributed by atoms with Gasteiger partial charge in [-0.1, -0.05) is 72.3 Å². The molecular weight excluding hydrogens is 424 g/mol. The van der Waals surface area contributed by atoms with Crippen molar-refractivity contribution in [3.63, 3.8) is 0 Å². The fourth-order valence-electron chi connectivity index (χ4n) is 4.48. The molecule has 0 bridgehead atoms. The SMILES string of the molecule is Cc1cc(C)cc(Nc2cccc(-c3c(Cc4ccccc4)cnc4c(Cl)cccc34)c2)c1. The van der Waals surface area contributed by atoms with Crippen molar-refractivity contribution < 1.29 is 0 Å². The van der Waals surface area contributed by atoms with Crippen LogP contribution in [0.4, 0.5) is 11.4 Å². The topological polar surface area (TPSA) is 24.9 Å². The van der Waals surface area contributed by atoms with Crippen LogP contribution in [0, 0.1) is 13.8 Å². The Morgan fingerprint density at radius 3 is 2.30 bits per heavy atom. The van der Waals surface area contributed by atoms with Crippen molar-refractivity contribution in [1.82, 2.24) is 4.98 Å². The van der Waals surface area contributed by atoms with Crippen LogP contribution < -0.4 is 5.32 Å². The van der Waals surface area contributed by atoms with Crippen molar-refractivity contribution >= 4 is 33.9 Å². The van der Waals surface area contributed by atoms with Gasteiger partial charge in [-0.2, -0.15) is 0 Å². The Hall–Kier alpha value is -3.62. The largest absolute Gasteiger partial charge is 0.355 e. The number of nitrogens with zero attached hydrogens (tertiary/aromatic N) is 1. The maximum Gasteiger partial charge on any atom is 0.0894 e. The highest BCUT2D eigenvalue weighted by molar-refractivity contribution is 6.35. The third-order valence-electron chi connectivity index (χ3n) is 5.83. The zero-order valence-corrected chi connectivity index (χ0v) is 19.5. The number of benzene rings is 4. The molecule has 0 saturated heterocycles. The molecule has 0 radical (unpaired) electrons. The fraction of sp³-hybridized carbons (Fsp3) is 0.100. The summed E-state index contributed by atoms with van der Waals surface area (Å²) in [6.45, 7) is 4.24. The van der Waals surface area contributed by atoms with E-state index in [4.69, 9.17) is 16.6 Å². The number of anilines is 2. The summed E-state index contributed by atoms with van der Waals surface area (Å²) in [6, 6.07) is 31.6. The van der Waals surface area contributed by atoms with Gasteiger partial charge in [0.1, 0.15) is 0 Å². The van der Waals surface area contributed by atoms with Crippen LogP contribution in [0.5, 0.6) is 0 Å². The molecule has 162 valence electrons. The van der Waals surface area contributed by atoms with Gasteiger partial charge in [0.25, 0.3) is 0 Å². The van der Waals surface area contributed by atoms with Gasteiger partial charge in [0, 0.05) is 23.0 Å². The normalized spacial score (nSPS) is 11.0. The van der Waals surface area contributed by atoms with E-state index in [9.17, 15) is 0 Å². The molecule has 0 amide bonds. The maximum absolute atomic E-state index is 6.52. The molecule has 0 fully saturated rings. The Balaban J connectivity index is 1.63. The van der Waals surface area contributed by atoms with Gasteiger partial charge in [-0.05, 0) is 84.0 Å². The van der Waals surface area contributed by atoms with E-state index in [1.54, 1.807) is 0 Å². The smallest absolute Gasteiger partial charge is 0.0894 e. The Bertz CT molecular complexity index is 1420. The lowest BCUT2D eigenvalue weighted by Crippen LogP contribution is -1.97. The zero-order valence-electron chi connectivity index (χ0n) is 18.8. The van der Waals surface area contributed by atoms with Crippen LogP contribution in [-0.4, -0.2) is 4.98 Å². The van der Waals surface area contributed by atoms with E-state index in [0.29, 0.717) is 5.02 Å². The van der Waals surface area contributed by atoms with Crippen LogP contribution in [-0.2, 0) is 6.42 Å². The van der Waals surface area contributed by atoms with E-state index in [1.165, 1.54) is 27.8 Å². The van der Waals surface area contributed by atoms with Crippen molar-refractivity contribution in [2.24, 2.45) is 0 Å². The molecular formula is C30H25ClN2. The lowest BCUT2D eigenvalue weighted by atomic mass is 9.92. The first-order valence-electron chi connectivity index (χ1n) is 11.1. The Morgan fingerprint density at radius 1 is 0.758 bits per heavy atom. The predicted octanol–water partition coefficient (Wildman–Crippen LogP) is 8.51. The quantitative estimate of drug-likeness (QED) is 0.291. The standard InChI is InChI=1S/C30H25ClN2/c1-20-14-21(2)16-26(15-20)33-25-11-6-10-23(18-25)29-24(17-22-8-4-3-5-9-22)19-32-30-27(29)12-7-13-28(30)31/h3-16,18-19,33H,17H2,1-2H3. The lowest BCUT2D eigenvalue weighted by molar-refractivity contribution is 1.17. The minimum Gasteiger partial charge on any atom is -0.355 e. The van der Waals surface area contributed by atoms with Crippen LogP contribution in [0.25, 0.3) is 22.0 Å². The molecule has 0 aliphatic rings. The van der Waals surface area contributed by atoms with Gasteiger partial charge in [-0.15, -0.1) is 0 Å². The molecule has 0 aliphatic heterocycles. The number of nitrogens with one attached hydrogen (secondary N) is 1. The minimum absolute atomic E-state index is 0.671. The molecule has 2 nitrogen and oxygen atoms in total. The monoisotopic (exact) mass is 448 g/mol. The third-order valence-corrected chi connectivity index (χ3v) is 6.13. The van der Waals surface area contributed by atoms with Crippen LogP contribution in [0.1, 0.15) is 22.3 Å². The maximum atomic E-state index is 6.52. The number of halogens is 1. The highest BCUT2D eigenvalue weighted by Gasteiger charge is 2.14. The number of para-hydroxylation sites is 1. The summed E-state index contributed by atoms with van der Waals surface area (Å²) in [5, 5.41) is 5.32. The van der Waals surface area contributed by atoms with E-state index in [-0.39, 0.29) is 0 Å². The van der Waals surface area contributed by atoms with Gasteiger partial charge < -0.3 is 5.32 Å².